The first-order valence-corrected chi connectivity index (χ1v) is 18.5. The number of fused-ring (bicyclic) bond motifs is 2. The summed E-state index contributed by atoms with van der Waals surface area (Å²) in [4.78, 5) is 25.0. The number of nitrogens with zero attached hydrogens (tertiary/aromatic N) is 2. The Hall–Kier alpha value is -4.43. The number of methoxy groups -OCH3 is 1. The molecule has 1 aromatic heterocycles. The molecule has 0 saturated carbocycles. The SMILES string of the molecule is COc1ccc2c(c1)N(CCC(=O)O)/C(=C/C=C/C1=CC(=C/c3sc4cc(-c5ccccc5)ccc4[n+]3CCC(=O)[O-])/CC(C)(C)C1)[Se]2. The van der Waals surface area contributed by atoms with Gasteiger partial charge in [-0.25, -0.2) is 0 Å². The number of hydrogen-bond donors (Lipinski definition) is 1. The minimum atomic E-state index is -1.06. The predicted octanol–water partition coefficient (Wildman–Crippen LogP) is 5.86. The molecule has 3 aromatic carbocycles. The van der Waals surface area contributed by atoms with Gasteiger partial charge in [-0.15, -0.1) is 0 Å². The molecule has 9 heteroatoms. The van der Waals surface area contributed by atoms with Crippen molar-refractivity contribution in [1.29, 1.82) is 0 Å². The molecule has 246 valence electrons. The van der Waals surface area contributed by atoms with Crippen LogP contribution in [0.1, 0.15) is 44.5 Å². The predicted molar refractivity (Wildman–Crippen MR) is 191 cm³/mol. The fraction of sp³-hybridized carbons (Fsp3) is 0.256. The summed E-state index contributed by atoms with van der Waals surface area (Å²) in [6, 6.07) is 22.7. The van der Waals surface area contributed by atoms with Gasteiger partial charge in [-0.3, -0.25) is 0 Å². The number of carboxylic acids is 2. The van der Waals surface area contributed by atoms with Crippen LogP contribution in [0.15, 0.2) is 107 Å². The molecule has 7 nitrogen and oxygen atoms in total. The Bertz CT molecular complexity index is 1990. The van der Waals surface area contributed by atoms with E-state index >= 15 is 0 Å². The summed E-state index contributed by atoms with van der Waals surface area (Å²) in [6.45, 7) is 5.30. The van der Waals surface area contributed by atoms with E-state index in [0.717, 1.165) is 55.2 Å². The summed E-state index contributed by atoms with van der Waals surface area (Å²) in [5.41, 5.74) is 6.76. The zero-order valence-electron chi connectivity index (χ0n) is 27.3. The second kappa shape index (κ2) is 14.4. The fourth-order valence-corrected chi connectivity index (χ4v) is 9.82. The number of benzene rings is 3. The molecule has 6 rings (SSSR count). The second-order valence-corrected chi connectivity index (χ2v) is 16.1. The van der Waals surface area contributed by atoms with Crippen LogP contribution in [0.3, 0.4) is 0 Å². The third-order valence-electron chi connectivity index (χ3n) is 8.46. The van der Waals surface area contributed by atoms with E-state index in [1.807, 2.05) is 30.3 Å². The number of rotatable bonds is 11. The zero-order chi connectivity index (χ0) is 33.8. The number of aromatic nitrogens is 1. The van der Waals surface area contributed by atoms with Crippen LogP contribution in [-0.4, -0.2) is 45.7 Å². The number of carbonyl (C=O) groups is 2. The monoisotopic (exact) mass is 726 g/mol. The van der Waals surface area contributed by atoms with Crippen LogP contribution in [-0.2, 0) is 16.1 Å². The van der Waals surface area contributed by atoms with E-state index in [1.165, 1.54) is 15.6 Å². The molecular weight excluding hydrogens is 687 g/mol. The molecule has 0 atom stereocenters. The van der Waals surface area contributed by atoms with Crippen LogP contribution >= 0.6 is 11.3 Å². The molecule has 0 amide bonds. The molecule has 0 saturated heterocycles. The summed E-state index contributed by atoms with van der Waals surface area (Å²) < 4.78 is 11.0. The molecule has 4 aromatic rings. The minimum absolute atomic E-state index is 0.0397. The summed E-state index contributed by atoms with van der Waals surface area (Å²) >= 11 is 1.73. The van der Waals surface area contributed by atoms with Crippen LogP contribution in [0.5, 0.6) is 5.75 Å². The van der Waals surface area contributed by atoms with Crippen molar-refractivity contribution in [3.8, 4) is 16.9 Å². The number of thiazole rings is 1. The zero-order valence-corrected chi connectivity index (χ0v) is 29.8. The number of carboxylic acid groups (broad SMARTS) is 2. The van der Waals surface area contributed by atoms with Crippen LogP contribution in [0.25, 0.3) is 27.4 Å². The number of aryl methyl sites for hydroxylation is 1. The third-order valence-corrected chi connectivity index (χ3v) is 11.9. The maximum absolute atomic E-state index is 11.5. The molecule has 0 unspecified atom stereocenters. The summed E-state index contributed by atoms with van der Waals surface area (Å²) in [7, 11) is 1.64. The number of aliphatic carboxylic acids is 2. The molecule has 2 aliphatic rings. The number of ether oxygens (including phenoxy) is 1. The van der Waals surface area contributed by atoms with E-state index in [0.29, 0.717) is 13.1 Å². The van der Waals surface area contributed by atoms with Gasteiger partial charge < -0.3 is 9.90 Å². The summed E-state index contributed by atoms with van der Waals surface area (Å²) in [5, 5.41) is 21.9. The van der Waals surface area contributed by atoms with E-state index in [2.05, 4.69) is 90.1 Å². The molecule has 2 heterocycles. The van der Waals surface area contributed by atoms with Gasteiger partial charge in [-0.1, -0.05) is 30.3 Å². The van der Waals surface area contributed by atoms with Gasteiger partial charge in [0.15, 0.2) is 0 Å². The van der Waals surface area contributed by atoms with Gasteiger partial charge in [0.2, 0.25) is 0 Å². The molecule has 0 bridgehead atoms. The van der Waals surface area contributed by atoms with E-state index in [1.54, 1.807) is 18.4 Å². The molecule has 0 radical (unpaired) electrons. The molecule has 1 aliphatic carbocycles. The Kier molecular flexibility index (Phi) is 10.0. The molecule has 1 N–H and O–H groups in total. The van der Waals surface area contributed by atoms with E-state index < -0.39 is 11.9 Å². The Labute approximate surface area is 291 Å². The quantitative estimate of drug-likeness (QED) is 0.154. The van der Waals surface area contributed by atoms with Crippen molar-refractivity contribution in [2.45, 2.75) is 46.1 Å². The standard InChI is InChI=1S/C39H38N2O5SSe/c1-39(2)24-26(8-7-11-36-41(19-17-38(44)45)32-23-30(46-3)13-15-34(32)48-36)20-27(25-39)21-35-40(18-16-37(42)43)31-14-12-29(22-33(31)47-35)28-9-5-4-6-10-28/h4-15,20-23H,16-19,24-25H2,1-3H3,(H-,42,43,44,45). The van der Waals surface area contributed by atoms with E-state index in [-0.39, 0.29) is 33.2 Å². The Morgan fingerprint density at radius 2 is 1.88 bits per heavy atom. The van der Waals surface area contributed by atoms with Crippen molar-refractivity contribution >= 4 is 64.7 Å². The van der Waals surface area contributed by atoms with Gasteiger partial charge in [-0.2, -0.15) is 0 Å². The van der Waals surface area contributed by atoms with Gasteiger partial charge in [0.1, 0.15) is 0 Å². The Morgan fingerprint density at radius 3 is 2.62 bits per heavy atom. The van der Waals surface area contributed by atoms with Gasteiger partial charge in [-0.05, 0) is 17.2 Å². The van der Waals surface area contributed by atoms with E-state index in [4.69, 9.17) is 4.74 Å². The first-order chi connectivity index (χ1) is 23.1. The van der Waals surface area contributed by atoms with Gasteiger partial charge in [0.25, 0.3) is 0 Å². The summed E-state index contributed by atoms with van der Waals surface area (Å²) in [6.07, 6.45) is 12.7. The molecule has 1 aliphatic heterocycles. The Balaban J connectivity index is 1.31. The molecule has 0 spiro atoms. The van der Waals surface area contributed by atoms with Crippen LogP contribution in [0.4, 0.5) is 5.69 Å². The van der Waals surface area contributed by atoms with Gasteiger partial charge in [0.05, 0.1) is 0 Å². The van der Waals surface area contributed by atoms with Crippen molar-refractivity contribution < 1.29 is 29.1 Å². The van der Waals surface area contributed by atoms with Crippen LogP contribution < -0.4 is 23.8 Å². The second-order valence-electron chi connectivity index (χ2n) is 12.8. The summed E-state index contributed by atoms with van der Waals surface area (Å²) in [5.74, 6) is -1.13. The van der Waals surface area contributed by atoms with Crippen molar-refractivity contribution in [2.24, 2.45) is 5.41 Å². The van der Waals surface area contributed by atoms with E-state index in [9.17, 15) is 19.8 Å². The third kappa shape index (κ3) is 7.81. The molecular formula is C39H38N2O5SSe. The van der Waals surface area contributed by atoms with Crippen molar-refractivity contribution in [2.75, 3.05) is 18.6 Å². The fourth-order valence-electron chi connectivity index (χ4n) is 6.35. The van der Waals surface area contributed by atoms with Crippen LogP contribution in [0, 0.1) is 5.41 Å². The van der Waals surface area contributed by atoms with Crippen molar-refractivity contribution in [3.63, 3.8) is 0 Å². The average Bonchev–Trinajstić information content (AvgIpc) is 3.57. The van der Waals surface area contributed by atoms with Gasteiger partial charge >= 0.3 is 229 Å². The number of allylic oxidation sites excluding steroid dienone is 6. The van der Waals surface area contributed by atoms with Crippen LogP contribution in [0.2, 0.25) is 0 Å². The number of anilines is 1. The Morgan fingerprint density at radius 1 is 1.06 bits per heavy atom. The van der Waals surface area contributed by atoms with Gasteiger partial charge in [0, 0.05) is 5.97 Å². The average molecular weight is 726 g/mol. The number of carbonyl (C=O) groups excluding carboxylic acids is 1. The van der Waals surface area contributed by atoms with Crippen molar-refractivity contribution in [3.05, 3.63) is 112 Å². The molecule has 48 heavy (non-hydrogen) atoms. The first kappa shape index (κ1) is 33.5. The van der Waals surface area contributed by atoms with Crippen molar-refractivity contribution in [1.82, 2.24) is 0 Å². The maximum atomic E-state index is 11.5. The first-order valence-electron chi connectivity index (χ1n) is 15.9. The normalized spacial score (nSPS) is 17.3. The number of hydrogen-bond acceptors (Lipinski definition) is 6. The topological polar surface area (TPSA) is 93.8 Å². The molecule has 0 fully saturated rings.